The maximum absolute atomic E-state index is 6.42. The van der Waals surface area contributed by atoms with E-state index in [4.69, 9.17) is 15.2 Å². The zero-order valence-corrected chi connectivity index (χ0v) is 11.2. The second-order valence-electron chi connectivity index (χ2n) is 4.82. The number of hydrogen-bond donors (Lipinski definition) is 1. The van der Waals surface area contributed by atoms with Crippen LogP contribution in [0.1, 0.15) is 37.1 Å². The van der Waals surface area contributed by atoms with Gasteiger partial charge in [0.25, 0.3) is 0 Å². The van der Waals surface area contributed by atoms with Crippen molar-refractivity contribution in [2.24, 2.45) is 5.73 Å². The molecule has 18 heavy (non-hydrogen) atoms. The van der Waals surface area contributed by atoms with Crippen molar-refractivity contribution in [1.29, 1.82) is 0 Å². The quantitative estimate of drug-likeness (QED) is 0.887. The van der Waals surface area contributed by atoms with Crippen molar-refractivity contribution in [2.45, 2.75) is 38.3 Å². The van der Waals surface area contributed by atoms with Crippen LogP contribution in [0, 0.1) is 6.92 Å². The summed E-state index contributed by atoms with van der Waals surface area (Å²) in [7, 11) is 0. The van der Waals surface area contributed by atoms with Crippen LogP contribution in [0.3, 0.4) is 0 Å². The van der Waals surface area contributed by atoms with Gasteiger partial charge in [-0.2, -0.15) is 0 Å². The monoisotopic (exact) mass is 250 g/mol. The third-order valence-electron chi connectivity index (χ3n) is 3.63. The Morgan fingerprint density at radius 1 is 1.44 bits per heavy atom. The highest BCUT2D eigenvalue weighted by atomic mass is 16.5. The fourth-order valence-corrected chi connectivity index (χ4v) is 2.52. The Bertz CT molecular complexity index is 366. The summed E-state index contributed by atoms with van der Waals surface area (Å²) in [5, 5.41) is 0. The van der Waals surface area contributed by atoms with Crippen LogP contribution >= 0.6 is 0 Å². The minimum Gasteiger partial charge on any atom is -0.381 e. The molecule has 100 valence electrons. The Hall–Kier alpha value is -0.970. The predicted octanol–water partition coefficient (Wildman–Crippen LogP) is 1.98. The van der Waals surface area contributed by atoms with Gasteiger partial charge in [0.05, 0.1) is 11.6 Å². The van der Waals surface area contributed by atoms with Gasteiger partial charge < -0.3 is 15.2 Å². The minimum atomic E-state index is -0.302. The number of nitrogens with zero attached hydrogens (tertiary/aromatic N) is 1. The molecular weight excluding hydrogens is 228 g/mol. The molecule has 1 aliphatic heterocycles. The van der Waals surface area contributed by atoms with E-state index in [0.717, 1.165) is 24.1 Å². The molecule has 1 aliphatic rings. The molecule has 1 atom stereocenters. The Balaban J connectivity index is 2.21. The zero-order valence-electron chi connectivity index (χ0n) is 11.2. The lowest BCUT2D eigenvalue weighted by atomic mass is 9.83. The maximum atomic E-state index is 6.42. The number of aryl methyl sites for hydroxylation is 1. The molecule has 1 fully saturated rings. The summed E-state index contributed by atoms with van der Waals surface area (Å²) in [4.78, 5) is 4.32. The van der Waals surface area contributed by atoms with Crippen molar-refractivity contribution in [2.75, 3.05) is 19.8 Å². The molecule has 0 amide bonds. The molecular formula is C14H22N2O2. The van der Waals surface area contributed by atoms with Gasteiger partial charge in [-0.05, 0) is 25.5 Å². The lowest BCUT2D eigenvalue weighted by molar-refractivity contribution is -0.121. The zero-order chi connectivity index (χ0) is 13.0. The van der Waals surface area contributed by atoms with Crippen LogP contribution in [0.5, 0.6) is 0 Å². The molecule has 1 unspecified atom stereocenters. The van der Waals surface area contributed by atoms with Crippen molar-refractivity contribution in [3.05, 3.63) is 29.6 Å². The number of aromatic nitrogens is 1. The van der Waals surface area contributed by atoms with Gasteiger partial charge >= 0.3 is 0 Å². The average molecular weight is 250 g/mol. The third-order valence-corrected chi connectivity index (χ3v) is 3.63. The van der Waals surface area contributed by atoms with Gasteiger partial charge in [0.1, 0.15) is 0 Å². The molecule has 0 aliphatic carbocycles. The molecule has 4 heteroatoms. The van der Waals surface area contributed by atoms with E-state index in [1.165, 1.54) is 0 Å². The summed E-state index contributed by atoms with van der Waals surface area (Å²) in [6.45, 7) is 6.09. The van der Waals surface area contributed by atoms with Crippen molar-refractivity contribution < 1.29 is 9.47 Å². The van der Waals surface area contributed by atoms with Crippen LogP contribution in [-0.4, -0.2) is 30.4 Å². The average Bonchev–Trinajstić information content (AvgIpc) is 2.40. The van der Waals surface area contributed by atoms with Gasteiger partial charge in [0.2, 0.25) is 0 Å². The highest BCUT2D eigenvalue weighted by molar-refractivity contribution is 5.20. The Labute approximate surface area is 108 Å². The predicted molar refractivity (Wildman–Crippen MR) is 70.3 cm³/mol. The molecule has 4 nitrogen and oxygen atoms in total. The lowest BCUT2D eigenvalue weighted by Gasteiger charge is -2.41. The van der Waals surface area contributed by atoms with Gasteiger partial charge in [-0.1, -0.05) is 6.07 Å². The van der Waals surface area contributed by atoms with Crippen LogP contribution < -0.4 is 5.73 Å². The van der Waals surface area contributed by atoms with Crippen LogP contribution in [0.15, 0.2) is 18.3 Å². The van der Waals surface area contributed by atoms with Gasteiger partial charge in [0.15, 0.2) is 0 Å². The van der Waals surface area contributed by atoms with Crippen molar-refractivity contribution >= 4 is 0 Å². The highest BCUT2D eigenvalue weighted by Crippen LogP contribution is 2.36. The second kappa shape index (κ2) is 5.78. The van der Waals surface area contributed by atoms with E-state index in [-0.39, 0.29) is 11.6 Å². The van der Waals surface area contributed by atoms with Crippen LogP contribution in [0.4, 0.5) is 0 Å². The molecule has 1 saturated heterocycles. The molecule has 0 bridgehead atoms. The molecule has 1 aromatic heterocycles. The highest BCUT2D eigenvalue weighted by Gasteiger charge is 2.40. The molecule has 0 spiro atoms. The molecule has 0 aromatic carbocycles. The molecule has 2 heterocycles. The van der Waals surface area contributed by atoms with Crippen molar-refractivity contribution in [1.82, 2.24) is 4.98 Å². The normalized spacial score (nSPS) is 20.6. The minimum absolute atomic E-state index is 0.144. The Morgan fingerprint density at radius 2 is 2.17 bits per heavy atom. The van der Waals surface area contributed by atoms with Crippen molar-refractivity contribution in [3.8, 4) is 0 Å². The maximum Gasteiger partial charge on any atom is 0.0918 e. The van der Waals surface area contributed by atoms with E-state index in [9.17, 15) is 0 Å². The van der Waals surface area contributed by atoms with Gasteiger partial charge in [-0.25, -0.2) is 0 Å². The topological polar surface area (TPSA) is 57.4 Å². The first-order valence-corrected chi connectivity index (χ1v) is 6.58. The van der Waals surface area contributed by atoms with Gasteiger partial charge in [-0.3, -0.25) is 4.98 Å². The van der Waals surface area contributed by atoms with Crippen LogP contribution in [0.2, 0.25) is 0 Å². The smallest absolute Gasteiger partial charge is 0.0918 e. The summed E-state index contributed by atoms with van der Waals surface area (Å²) < 4.78 is 11.4. The molecule has 2 N–H and O–H groups in total. The second-order valence-corrected chi connectivity index (χ2v) is 4.82. The van der Waals surface area contributed by atoms with Crippen LogP contribution in [0.25, 0.3) is 0 Å². The largest absolute Gasteiger partial charge is 0.381 e. The first-order valence-electron chi connectivity index (χ1n) is 6.58. The van der Waals surface area contributed by atoms with E-state index in [0.29, 0.717) is 19.8 Å². The fraction of sp³-hybridized carbons (Fsp3) is 0.643. The van der Waals surface area contributed by atoms with E-state index >= 15 is 0 Å². The number of hydrogen-bond acceptors (Lipinski definition) is 4. The third kappa shape index (κ3) is 2.71. The SMILES string of the molecule is CCOC1(C(N)c2ccc(C)nc2)CCOCC1. The van der Waals surface area contributed by atoms with Gasteiger partial charge in [0, 0.05) is 44.6 Å². The molecule has 0 saturated carbocycles. The Kier molecular flexibility index (Phi) is 4.32. The number of ether oxygens (including phenoxy) is 2. The number of pyridine rings is 1. The molecule has 2 rings (SSSR count). The van der Waals surface area contributed by atoms with E-state index in [2.05, 4.69) is 4.98 Å². The standard InChI is InChI=1S/C14H22N2O2/c1-3-18-14(6-8-17-9-7-14)13(15)12-5-4-11(2)16-10-12/h4-5,10,13H,3,6-9,15H2,1-2H3. The number of rotatable bonds is 4. The first kappa shape index (κ1) is 13.5. The molecule has 1 aromatic rings. The van der Waals surface area contributed by atoms with Crippen molar-refractivity contribution in [3.63, 3.8) is 0 Å². The summed E-state index contributed by atoms with van der Waals surface area (Å²) in [6.07, 6.45) is 3.54. The Morgan fingerprint density at radius 3 is 2.72 bits per heavy atom. The summed E-state index contributed by atoms with van der Waals surface area (Å²) in [6, 6.07) is 3.90. The van der Waals surface area contributed by atoms with Gasteiger partial charge in [-0.15, -0.1) is 0 Å². The fourth-order valence-electron chi connectivity index (χ4n) is 2.52. The summed E-state index contributed by atoms with van der Waals surface area (Å²) in [5.74, 6) is 0. The lowest BCUT2D eigenvalue weighted by Crippen LogP contribution is -2.48. The van der Waals surface area contributed by atoms with E-state index in [1.807, 2.05) is 32.2 Å². The number of nitrogens with two attached hydrogens (primary N) is 1. The summed E-state index contributed by atoms with van der Waals surface area (Å²) in [5.41, 5.74) is 8.16. The molecule has 0 radical (unpaired) electrons. The summed E-state index contributed by atoms with van der Waals surface area (Å²) >= 11 is 0. The van der Waals surface area contributed by atoms with E-state index in [1.54, 1.807) is 0 Å². The van der Waals surface area contributed by atoms with E-state index < -0.39 is 0 Å². The first-order chi connectivity index (χ1) is 8.68. The van der Waals surface area contributed by atoms with Crippen LogP contribution in [-0.2, 0) is 9.47 Å².